The fourth-order valence-corrected chi connectivity index (χ4v) is 1.76. The highest BCUT2D eigenvalue weighted by atomic mass is 19.4. The first kappa shape index (κ1) is 11.8. The van der Waals surface area contributed by atoms with Gasteiger partial charge in [0.2, 0.25) is 0 Å². The van der Waals surface area contributed by atoms with Crippen molar-refractivity contribution in [2.24, 2.45) is 0 Å². The number of hydrogen-bond acceptors (Lipinski definition) is 2. The van der Waals surface area contributed by atoms with E-state index in [4.69, 9.17) is 0 Å². The molecule has 1 aliphatic heterocycles. The van der Waals surface area contributed by atoms with Crippen LogP contribution in [-0.2, 0) is 0 Å². The van der Waals surface area contributed by atoms with E-state index >= 15 is 0 Å². The van der Waals surface area contributed by atoms with E-state index in [9.17, 15) is 13.2 Å². The fraction of sp³-hybridized carbons (Fsp3) is 1.00. The van der Waals surface area contributed by atoms with Crippen molar-refractivity contribution < 1.29 is 13.2 Å². The summed E-state index contributed by atoms with van der Waals surface area (Å²) in [7, 11) is 0. The molecule has 1 heterocycles. The Labute approximate surface area is 82.5 Å². The Balaban J connectivity index is 2.50. The molecule has 84 valence electrons. The number of rotatable bonds is 3. The minimum atomic E-state index is -4.21. The molecular weight excluding hydrogens is 193 g/mol. The molecule has 1 atom stereocenters. The van der Waals surface area contributed by atoms with Gasteiger partial charge >= 0.3 is 6.30 Å². The van der Waals surface area contributed by atoms with Gasteiger partial charge in [-0.2, -0.15) is 13.2 Å². The van der Waals surface area contributed by atoms with Gasteiger partial charge in [-0.05, 0) is 33.2 Å². The molecule has 0 aromatic carbocycles. The van der Waals surface area contributed by atoms with Gasteiger partial charge in [-0.15, -0.1) is 0 Å². The predicted molar refractivity (Wildman–Crippen MR) is 48.9 cm³/mol. The van der Waals surface area contributed by atoms with Gasteiger partial charge in [0.25, 0.3) is 0 Å². The van der Waals surface area contributed by atoms with Crippen LogP contribution in [0.2, 0.25) is 0 Å². The standard InChI is InChI=1S/C9H17F3N2/c1-7(2)14(9(10,11)12)6-8-4-3-5-13-8/h7-8,13H,3-6H2,1-2H3/t8-/m0/s1. The average Bonchev–Trinajstić information content (AvgIpc) is 2.48. The Morgan fingerprint density at radius 2 is 2.07 bits per heavy atom. The number of halogens is 3. The van der Waals surface area contributed by atoms with E-state index in [-0.39, 0.29) is 12.6 Å². The summed E-state index contributed by atoms with van der Waals surface area (Å²) in [5, 5.41) is 3.07. The third-order valence-electron chi connectivity index (χ3n) is 2.53. The molecule has 0 aromatic rings. The lowest BCUT2D eigenvalue weighted by atomic mass is 10.2. The molecule has 2 nitrogen and oxygen atoms in total. The monoisotopic (exact) mass is 210 g/mol. The molecule has 0 bridgehead atoms. The van der Waals surface area contributed by atoms with Crippen LogP contribution in [-0.4, -0.2) is 36.4 Å². The van der Waals surface area contributed by atoms with E-state index < -0.39 is 12.3 Å². The Morgan fingerprint density at radius 1 is 1.43 bits per heavy atom. The lowest BCUT2D eigenvalue weighted by Crippen LogP contribution is -2.48. The summed E-state index contributed by atoms with van der Waals surface area (Å²) in [6.07, 6.45) is -2.38. The Kier molecular flexibility index (Phi) is 3.78. The normalized spacial score (nSPS) is 23.8. The summed E-state index contributed by atoms with van der Waals surface area (Å²) in [4.78, 5) is 0.593. The van der Waals surface area contributed by atoms with E-state index in [1.54, 1.807) is 13.8 Å². The van der Waals surface area contributed by atoms with Crippen molar-refractivity contribution >= 4 is 0 Å². The maximum atomic E-state index is 12.5. The minimum absolute atomic E-state index is 0.000903. The first-order valence-electron chi connectivity index (χ1n) is 4.98. The number of alkyl halides is 3. The van der Waals surface area contributed by atoms with Crippen LogP contribution in [0.15, 0.2) is 0 Å². The van der Waals surface area contributed by atoms with Gasteiger partial charge in [0, 0.05) is 18.6 Å². The predicted octanol–water partition coefficient (Wildman–Crippen LogP) is 1.97. The van der Waals surface area contributed by atoms with E-state index in [0.717, 1.165) is 19.4 Å². The van der Waals surface area contributed by atoms with Gasteiger partial charge in [0.05, 0.1) is 0 Å². The summed E-state index contributed by atoms with van der Waals surface area (Å²) < 4.78 is 37.6. The van der Waals surface area contributed by atoms with Crippen LogP contribution in [0, 0.1) is 0 Å². The lowest BCUT2D eigenvalue weighted by molar-refractivity contribution is -0.256. The van der Waals surface area contributed by atoms with Crippen LogP contribution < -0.4 is 5.32 Å². The van der Waals surface area contributed by atoms with E-state index in [1.807, 2.05) is 0 Å². The molecule has 1 N–H and O–H groups in total. The van der Waals surface area contributed by atoms with E-state index in [0.29, 0.717) is 4.90 Å². The molecule has 1 aliphatic rings. The third kappa shape index (κ3) is 3.13. The third-order valence-corrected chi connectivity index (χ3v) is 2.53. The summed E-state index contributed by atoms with van der Waals surface area (Å²) in [5.41, 5.74) is 0. The highest BCUT2D eigenvalue weighted by Crippen LogP contribution is 2.24. The molecule has 5 heteroatoms. The van der Waals surface area contributed by atoms with Crippen LogP contribution in [0.3, 0.4) is 0 Å². The van der Waals surface area contributed by atoms with Crippen LogP contribution in [0.1, 0.15) is 26.7 Å². The van der Waals surface area contributed by atoms with Crippen molar-refractivity contribution in [3.63, 3.8) is 0 Å². The summed E-state index contributed by atoms with van der Waals surface area (Å²) in [6.45, 7) is 4.06. The van der Waals surface area contributed by atoms with E-state index in [2.05, 4.69) is 5.32 Å². The van der Waals surface area contributed by atoms with Crippen LogP contribution in [0.5, 0.6) is 0 Å². The zero-order valence-electron chi connectivity index (χ0n) is 8.56. The largest absolute Gasteiger partial charge is 0.460 e. The number of hydrogen-bond donors (Lipinski definition) is 1. The maximum absolute atomic E-state index is 12.5. The smallest absolute Gasteiger partial charge is 0.313 e. The van der Waals surface area contributed by atoms with Gasteiger partial charge in [-0.1, -0.05) is 0 Å². The molecule has 1 rings (SSSR count). The van der Waals surface area contributed by atoms with Crippen LogP contribution >= 0.6 is 0 Å². The van der Waals surface area contributed by atoms with Crippen molar-refractivity contribution in [2.75, 3.05) is 13.1 Å². The first-order chi connectivity index (χ1) is 6.41. The van der Waals surface area contributed by atoms with Gasteiger partial charge in [-0.3, -0.25) is 0 Å². The fourth-order valence-electron chi connectivity index (χ4n) is 1.76. The highest BCUT2D eigenvalue weighted by Gasteiger charge is 2.40. The zero-order chi connectivity index (χ0) is 10.8. The Hall–Kier alpha value is -0.290. The van der Waals surface area contributed by atoms with Crippen LogP contribution in [0.25, 0.3) is 0 Å². The van der Waals surface area contributed by atoms with Crippen LogP contribution in [0.4, 0.5) is 13.2 Å². The molecule has 1 fully saturated rings. The molecule has 1 saturated heterocycles. The SMILES string of the molecule is CC(C)N(C[C@@H]1CCCN1)C(F)(F)F. The second-order valence-corrected chi connectivity index (χ2v) is 4.01. The van der Waals surface area contributed by atoms with Gasteiger partial charge in [0.15, 0.2) is 0 Å². The molecule has 14 heavy (non-hydrogen) atoms. The Morgan fingerprint density at radius 3 is 2.43 bits per heavy atom. The average molecular weight is 210 g/mol. The number of nitrogens with zero attached hydrogens (tertiary/aromatic N) is 1. The molecule has 0 radical (unpaired) electrons. The lowest BCUT2D eigenvalue weighted by Gasteiger charge is -2.30. The zero-order valence-corrected chi connectivity index (χ0v) is 8.56. The molecular formula is C9H17F3N2. The van der Waals surface area contributed by atoms with Crippen molar-refractivity contribution in [1.82, 2.24) is 10.2 Å². The van der Waals surface area contributed by atoms with E-state index in [1.165, 1.54) is 0 Å². The molecule has 0 amide bonds. The minimum Gasteiger partial charge on any atom is -0.313 e. The molecule has 0 aromatic heterocycles. The van der Waals surface area contributed by atoms with Gasteiger partial charge in [0.1, 0.15) is 0 Å². The molecule has 0 saturated carbocycles. The quantitative estimate of drug-likeness (QED) is 0.716. The van der Waals surface area contributed by atoms with Crippen molar-refractivity contribution in [3.8, 4) is 0 Å². The number of nitrogens with one attached hydrogen (secondary N) is 1. The summed E-state index contributed by atoms with van der Waals surface area (Å²) >= 11 is 0. The second kappa shape index (κ2) is 4.49. The van der Waals surface area contributed by atoms with Gasteiger partial charge in [-0.25, -0.2) is 4.90 Å². The van der Waals surface area contributed by atoms with Crippen molar-refractivity contribution in [2.45, 2.75) is 45.1 Å². The second-order valence-electron chi connectivity index (χ2n) is 4.01. The summed E-state index contributed by atoms with van der Waals surface area (Å²) in [6, 6.07) is -0.489. The van der Waals surface area contributed by atoms with Crippen molar-refractivity contribution in [1.29, 1.82) is 0 Å². The Bertz CT molecular complexity index is 173. The topological polar surface area (TPSA) is 15.3 Å². The summed E-state index contributed by atoms with van der Waals surface area (Å²) in [5.74, 6) is 0. The molecule has 0 unspecified atom stereocenters. The van der Waals surface area contributed by atoms with Gasteiger partial charge < -0.3 is 5.32 Å². The first-order valence-corrected chi connectivity index (χ1v) is 4.98. The molecule has 0 spiro atoms. The highest BCUT2D eigenvalue weighted by molar-refractivity contribution is 4.80. The molecule has 0 aliphatic carbocycles. The van der Waals surface area contributed by atoms with Crippen molar-refractivity contribution in [3.05, 3.63) is 0 Å². The maximum Gasteiger partial charge on any atom is 0.460 e.